The summed E-state index contributed by atoms with van der Waals surface area (Å²) in [6.45, 7) is 3.92. The van der Waals surface area contributed by atoms with Crippen LogP contribution in [0.5, 0.6) is 5.75 Å². The zero-order chi connectivity index (χ0) is 21.4. The Morgan fingerprint density at radius 3 is 2.43 bits per heavy atom. The number of hydrogen-bond donors (Lipinski definition) is 0. The molecule has 0 bridgehead atoms. The first-order valence-electron chi connectivity index (χ1n) is 9.25. The van der Waals surface area contributed by atoms with Crippen LogP contribution in [-0.4, -0.2) is 0 Å². The number of aryl methyl sites for hydroxylation is 2. The van der Waals surface area contributed by atoms with Gasteiger partial charge in [-0.3, -0.25) is 4.79 Å². The summed E-state index contributed by atoms with van der Waals surface area (Å²) < 4.78 is 12.2. The Morgan fingerprint density at radius 2 is 1.70 bits per heavy atom. The SMILES string of the molecule is Cc1cc(C)c2oc(-c3ccccc3Cl)c(OCc3ccc(Cl)cc3Cl)c(=O)c2c1. The van der Waals surface area contributed by atoms with Gasteiger partial charge in [0, 0.05) is 21.2 Å². The summed E-state index contributed by atoms with van der Waals surface area (Å²) in [6.07, 6.45) is 0. The van der Waals surface area contributed by atoms with Crippen molar-refractivity contribution in [1.82, 2.24) is 0 Å². The lowest BCUT2D eigenvalue weighted by atomic mass is 10.1. The maximum absolute atomic E-state index is 13.4. The first-order chi connectivity index (χ1) is 14.3. The first kappa shape index (κ1) is 20.8. The topological polar surface area (TPSA) is 39.4 Å². The Balaban J connectivity index is 1.91. The molecular formula is C24H17Cl3O3. The van der Waals surface area contributed by atoms with E-state index in [4.69, 9.17) is 44.0 Å². The van der Waals surface area contributed by atoms with Gasteiger partial charge in [0.25, 0.3) is 0 Å². The summed E-state index contributed by atoms with van der Waals surface area (Å²) in [5.74, 6) is 0.377. The van der Waals surface area contributed by atoms with E-state index < -0.39 is 0 Å². The molecule has 0 spiro atoms. The van der Waals surface area contributed by atoms with E-state index in [1.165, 1.54) is 0 Å². The van der Waals surface area contributed by atoms with Crippen LogP contribution in [0.3, 0.4) is 0 Å². The van der Waals surface area contributed by atoms with Gasteiger partial charge < -0.3 is 9.15 Å². The molecule has 0 fully saturated rings. The third kappa shape index (κ3) is 3.93. The van der Waals surface area contributed by atoms with Crippen LogP contribution in [0.4, 0.5) is 0 Å². The lowest BCUT2D eigenvalue weighted by Crippen LogP contribution is -2.11. The van der Waals surface area contributed by atoms with Crippen LogP contribution in [0.2, 0.25) is 15.1 Å². The summed E-state index contributed by atoms with van der Waals surface area (Å²) in [7, 11) is 0. The fourth-order valence-corrected chi connectivity index (χ4v) is 4.06. The van der Waals surface area contributed by atoms with Crippen molar-refractivity contribution in [1.29, 1.82) is 0 Å². The van der Waals surface area contributed by atoms with Crippen molar-refractivity contribution in [3.63, 3.8) is 0 Å². The highest BCUT2D eigenvalue weighted by Crippen LogP contribution is 2.36. The molecule has 0 unspecified atom stereocenters. The molecule has 0 aliphatic rings. The summed E-state index contributed by atoms with van der Waals surface area (Å²) in [6, 6.07) is 16.0. The highest BCUT2D eigenvalue weighted by Gasteiger charge is 2.21. The lowest BCUT2D eigenvalue weighted by Gasteiger charge is -2.14. The highest BCUT2D eigenvalue weighted by molar-refractivity contribution is 6.35. The standard InChI is InChI=1S/C24H17Cl3O3/c1-13-9-14(2)22-18(10-13)21(28)24(23(30-22)17-5-3-4-6-19(17)26)29-12-15-7-8-16(25)11-20(15)27/h3-11H,12H2,1-2H3. The van der Waals surface area contributed by atoms with Crippen molar-refractivity contribution < 1.29 is 9.15 Å². The fraction of sp³-hybridized carbons (Fsp3) is 0.125. The van der Waals surface area contributed by atoms with Gasteiger partial charge in [0.05, 0.1) is 10.4 Å². The van der Waals surface area contributed by atoms with Crippen molar-refractivity contribution in [3.8, 4) is 17.1 Å². The lowest BCUT2D eigenvalue weighted by molar-refractivity contribution is 0.298. The number of hydrogen-bond acceptors (Lipinski definition) is 3. The molecule has 0 radical (unpaired) electrons. The van der Waals surface area contributed by atoms with Crippen molar-refractivity contribution in [2.24, 2.45) is 0 Å². The van der Waals surface area contributed by atoms with Crippen LogP contribution in [0, 0.1) is 13.8 Å². The third-order valence-corrected chi connectivity index (χ3v) is 5.70. The Bertz CT molecular complexity index is 1330. The van der Waals surface area contributed by atoms with Crippen LogP contribution in [0.25, 0.3) is 22.3 Å². The van der Waals surface area contributed by atoms with Crippen molar-refractivity contribution >= 4 is 45.8 Å². The van der Waals surface area contributed by atoms with Crippen LogP contribution < -0.4 is 10.2 Å². The van der Waals surface area contributed by atoms with E-state index in [9.17, 15) is 4.79 Å². The Labute approximate surface area is 188 Å². The monoisotopic (exact) mass is 458 g/mol. The maximum atomic E-state index is 13.4. The molecule has 1 aromatic heterocycles. The summed E-state index contributed by atoms with van der Waals surface area (Å²) in [4.78, 5) is 13.4. The average molecular weight is 460 g/mol. The largest absolute Gasteiger partial charge is 0.481 e. The van der Waals surface area contributed by atoms with Crippen LogP contribution >= 0.6 is 34.8 Å². The Kier molecular flexibility index (Phi) is 5.79. The van der Waals surface area contributed by atoms with E-state index in [-0.39, 0.29) is 23.5 Å². The van der Waals surface area contributed by atoms with Gasteiger partial charge in [0.2, 0.25) is 11.2 Å². The van der Waals surface area contributed by atoms with Crippen LogP contribution in [0.15, 0.2) is 63.8 Å². The zero-order valence-corrected chi connectivity index (χ0v) is 18.5. The molecule has 0 N–H and O–H groups in total. The van der Waals surface area contributed by atoms with Crippen LogP contribution in [0.1, 0.15) is 16.7 Å². The Morgan fingerprint density at radius 1 is 0.933 bits per heavy atom. The van der Waals surface area contributed by atoms with E-state index in [1.54, 1.807) is 36.4 Å². The summed E-state index contributed by atoms with van der Waals surface area (Å²) in [5.41, 5.74) is 3.36. The molecule has 3 nitrogen and oxygen atoms in total. The predicted octanol–water partition coefficient (Wildman–Crippen LogP) is 7.62. The zero-order valence-electron chi connectivity index (χ0n) is 16.3. The second kappa shape index (κ2) is 8.35. The van der Waals surface area contributed by atoms with Crippen molar-refractivity contribution in [2.75, 3.05) is 0 Å². The molecule has 0 saturated heterocycles. The van der Waals surface area contributed by atoms with Crippen LogP contribution in [-0.2, 0) is 6.61 Å². The molecule has 6 heteroatoms. The van der Waals surface area contributed by atoms with E-state index in [2.05, 4.69) is 0 Å². The minimum Gasteiger partial charge on any atom is -0.481 e. The molecule has 0 atom stereocenters. The van der Waals surface area contributed by atoms with Crippen molar-refractivity contribution in [3.05, 3.63) is 96.6 Å². The molecule has 152 valence electrons. The van der Waals surface area contributed by atoms with E-state index >= 15 is 0 Å². The second-order valence-electron chi connectivity index (χ2n) is 7.05. The first-order valence-corrected chi connectivity index (χ1v) is 10.4. The molecule has 0 aliphatic carbocycles. The maximum Gasteiger partial charge on any atom is 0.235 e. The molecular weight excluding hydrogens is 443 g/mol. The quantitative estimate of drug-likeness (QED) is 0.315. The number of halogens is 3. The summed E-state index contributed by atoms with van der Waals surface area (Å²) in [5, 5.41) is 1.90. The molecule has 0 aliphatic heterocycles. The number of benzene rings is 3. The molecule has 1 heterocycles. The van der Waals surface area contributed by atoms with E-state index in [1.807, 2.05) is 32.0 Å². The van der Waals surface area contributed by atoms with Gasteiger partial charge >= 0.3 is 0 Å². The third-order valence-electron chi connectivity index (χ3n) is 4.79. The van der Waals surface area contributed by atoms with Gasteiger partial charge in [-0.25, -0.2) is 0 Å². The average Bonchev–Trinajstić information content (AvgIpc) is 2.69. The van der Waals surface area contributed by atoms with Gasteiger partial charge in [-0.15, -0.1) is 0 Å². The fourth-order valence-electron chi connectivity index (χ4n) is 3.37. The van der Waals surface area contributed by atoms with Gasteiger partial charge in [-0.2, -0.15) is 0 Å². The number of fused-ring (bicyclic) bond motifs is 1. The molecule has 0 amide bonds. The predicted molar refractivity (Wildman–Crippen MR) is 123 cm³/mol. The smallest absolute Gasteiger partial charge is 0.235 e. The summed E-state index contributed by atoms with van der Waals surface area (Å²) >= 11 is 18.6. The highest BCUT2D eigenvalue weighted by atomic mass is 35.5. The normalized spacial score (nSPS) is 11.1. The second-order valence-corrected chi connectivity index (χ2v) is 8.30. The number of ether oxygens (including phenoxy) is 1. The Hall–Kier alpha value is -2.46. The number of rotatable bonds is 4. The molecule has 3 aromatic carbocycles. The van der Waals surface area contributed by atoms with Gasteiger partial charge in [0.15, 0.2) is 5.76 Å². The van der Waals surface area contributed by atoms with Gasteiger partial charge in [-0.1, -0.05) is 59.1 Å². The molecule has 0 saturated carbocycles. The molecule has 4 aromatic rings. The van der Waals surface area contributed by atoms with Crippen molar-refractivity contribution in [2.45, 2.75) is 20.5 Å². The minimum absolute atomic E-state index is 0.0779. The van der Waals surface area contributed by atoms with Gasteiger partial charge in [-0.05, 0) is 55.3 Å². The van der Waals surface area contributed by atoms with Gasteiger partial charge in [0.1, 0.15) is 12.2 Å². The van der Waals surface area contributed by atoms with E-state index in [0.29, 0.717) is 37.2 Å². The van der Waals surface area contributed by atoms with E-state index in [0.717, 1.165) is 11.1 Å². The minimum atomic E-state index is -0.261. The molecule has 4 rings (SSSR count). The molecule has 30 heavy (non-hydrogen) atoms.